The molecule has 3 rings (SSSR count). The molecule has 0 spiro atoms. The van der Waals surface area contributed by atoms with E-state index in [-0.39, 0.29) is 5.91 Å². The van der Waals surface area contributed by atoms with E-state index in [1.165, 1.54) is 5.56 Å². The van der Waals surface area contributed by atoms with Crippen molar-refractivity contribution in [1.82, 2.24) is 10.3 Å². The molecule has 1 amide bonds. The van der Waals surface area contributed by atoms with E-state index >= 15 is 0 Å². The number of nitrogens with zero attached hydrogens (tertiary/aromatic N) is 2. The first kappa shape index (κ1) is 16.3. The van der Waals surface area contributed by atoms with E-state index in [2.05, 4.69) is 27.3 Å². The van der Waals surface area contributed by atoms with Crippen LogP contribution in [0.1, 0.15) is 35.3 Å². The summed E-state index contributed by atoms with van der Waals surface area (Å²) in [6.07, 6.45) is 2.81. The van der Waals surface area contributed by atoms with Gasteiger partial charge in [-0.15, -0.1) is 0 Å². The van der Waals surface area contributed by atoms with Crippen LogP contribution in [0.3, 0.4) is 0 Å². The number of aromatic nitrogens is 1. The molecule has 1 N–H and O–H groups in total. The maximum Gasteiger partial charge on any atom is 0.269 e. The Morgan fingerprint density at radius 3 is 2.83 bits per heavy atom. The Hall–Kier alpha value is -2.56. The number of carbonyl (C=O) groups excluding carboxylic acids is 1. The van der Waals surface area contributed by atoms with Crippen molar-refractivity contribution in [1.29, 1.82) is 0 Å². The molecule has 0 unspecified atom stereocenters. The molecule has 1 aromatic heterocycles. The van der Waals surface area contributed by atoms with Crippen LogP contribution in [0.25, 0.3) is 0 Å². The predicted octanol–water partition coefficient (Wildman–Crippen LogP) is 2.83. The lowest BCUT2D eigenvalue weighted by atomic mass is 9.98. The Morgan fingerprint density at radius 1 is 1.33 bits per heavy atom. The van der Waals surface area contributed by atoms with Gasteiger partial charge in [-0.05, 0) is 43.2 Å². The molecule has 1 aliphatic rings. The van der Waals surface area contributed by atoms with Crippen molar-refractivity contribution in [3.05, 3.63) is 53.9 Å². The average Bonchev–Trinajstić information content (AvgIpc) is 3.12. The number of carbonyl (C=O) groups is 1. The summed E-state index contributed by atoms with van der Waals surface area (Å²) < 4.78 is 5.22. The molecule has 0 radical (unpaired) electrons. The first-order valence-electron chi connectivity index (χ1n) is 8.34. The van der Waals surface area contributed by atoms with Crippen LogP contribution in [0.5, 0.6) is 5.75 Å². The van der Waals surface area contributed by atoms with Gasteiger partial charge in [0.2, 0.25) is 0 Å². The topological polar surface area (TPSA) is 54.5 Å². The lowest BCUT2D eigenvalue weighted by Crippen LogP contribution is -2.25. The van der Waals surface area contributed by atoms with E-state index in [9.17, 15) is 4.79 Å². The van der Waals surface area contributed by atoms with Gasteiger partial charge in [-0.2, -0.15) is 0 Å². The van der Waals surface area contributed by atoms with Crippen molar-refractivity contribution in [3.8, 4) is 5.75 Å². The van der Waals surface area contributed by atoms with Crippen LogP contribution in [0, 0.1) is 0 Å². The Morgan fingerprint density at radius 2 is 2.12 bits per heavy atom. The third kappa shape index (κ3) is 3.50. The van der Waals surface area contributed by atoms with Gasteiger partial charge in [0.05, 0.1) is 7.11 Å². The summed E-state index contributed by atoms with van der Waals surface area (Å²) in [7, 11) is 1.68. The van der Waals surface area contributed by atoms with Crippen molar-refractivity contribution in [3.63, 3.8) is 0 Å². The van der Waals surface area contributed by atoms with Gasteiger partial charge < -0.3 is 15.0 Å². The molecule has 5 heteroatoms. The molecule has 1 fully saturated rings. The third-order valence-corrected chi connectivity index (χ3v) is 4.45. The van der Waals surface area contributed by atoms with Gasteiger partial charge in [0.1, 0.15) is 11.4 Å². The number of rotatable bonds is 5. The maximum absolute atomic E-state index is 12.0. The fourth-order valence-electron chi connectivity index (χ4n) is 3.13. The number of hydrogen-bond acceptors (Lipinski definition) is 4. The Kier molecular flexibility index (Phi) is 4.99. The average molecular weight is 325 g/mol. The van der Waals surface area contributed by atoms with Gasteiger partial charge in [0.15, 0.2) is 0 Å². The summed E-state index contributed by atoms with van der Waals surface area (Å²) in [6, 6.07) is 12.1. The van der Waals surface area contributed by atoms with Crippen LogP contribution in [-0.2, 0) is 0 Å². The van der Waals surface area contributed by atoms with Crippen molar-refractivity contribution >= 4 is 11.6 Å². The second-order valence-electron chi connectivity index (χ2n) is 5.96. The second kappa shape index (κ2) is 7.34. The van der Waals surface area contributed by atoms with Gasteiger partial charge in [-0.25, -0.2) is 0 Å². The smallest absolute Gasteiger partial charge is 0.269 e. The predicted molar refractivity (Wildman–Crippen MR) is 94.8 cm³/mol. The van der Waals surface area contributed by atoms with E-state index < -0.39 is 0 Å². The molecule has 1 atom stereocenters. The van der Waals surface area contributed by atoms with Crippen LogP contribution >= 0.6 is 0 Å². The fourth-order valence-corrected chi connectivity index (χ4v) is 3.13. The molecule has 0 saturated carbocycles. The van der Waals surface area contributed by atoms with Gasteiger partial charge in [0.25, 0.3) is 5.91 Å². The van der Waals surface area contributed by atoms with Crippen molar-refractivity contribution in [2.45, 2.75) is 19.3 Å². The van der Waals surface area contributed by atoms with Crippen LogP contribution in [-0.4, -0.2) is 37.6 Å². The van der Waals surface area contributed by atoms with Crippen molar-refractivity contribution in [2.24, 2.45) is 0 Å². The zero-order chi connectivity index (χ0) is 16.9. The number of anilines is 1. The molecular formula is C19H23N3O2. The van der Waals surface area contributed by atoms with Gasteiger partial charge in [-0.1, -0.05) is 12.1 Å². The Balaban J connectivity index is 1.71. The minimum atomic E-state index is -0.120. The minimum Gasteiger partial charge on any atom is -0.497 e. The van der Waals surface area contributed by atoms with E-state index in [0.29, 0.717) is 18.2 Å². The van der Waals surface area contributed by atoms with Crippen LogP contribution in [0.15, 0.2) is 42.6 Å². The molecule has 1 saturated heterocycles. The standard InChI is InChI=1S/C19H23N3O2/c1-3-20-19(23)18-12-16(8-10-21-18)22-11-9-15(13-22)14-4-6-17(24-2)7-5-14/h4-8,10,12,15H,3,9,11,13H2,1-2H3,(H,20,23)/t15-/m0/s1. The summed E-state index contributed by atoms with van der Waals surface area (Å²) in [6.45, 7) is 4.44. The lowest BCUT2D eigenvalue weighted by Gasteiger charge is -2.19. The van der Waals surface area contributed by atoms with Gasteiger partial charge in [-0.3, -0.25) is 9.78 Å². The highest BCUT2D eigenvalue weighted by Gasteiger charge is 2.24. The van der Waals surface area contributed by atoms with Crippen LogP contribution in [0.2, 0.25) is 0 Å². The summed E-state index contributed by atoms with van der Waals surface area (Å²) in [5.41, 5.74) is 2.86. The van der Waals surface area contributed by atoms with Gasteiger partial charge >= 0.3 is 0 Å². The van der Waals surface area contributed by atoms with Crippen LogP contribution < -0.4 is 15.0 Å². The Labute approximate surface area is 142 Å². The highest BCUT2D eigenvalue weighted by molar-refractivity contribution is 5.93. The summed E-state index contributed by atoms with van der Waals surface area (Å²) in [4.78, 5) is 18.4. The monoisotopic (exact) mass is 325 g/mol. The number of pyridine rings is 1. The summed E-state index contributed by atoms with van der Waals surface area (Å²) in [5, 5.41) is 2.79. The molecule has 126 valence electrons. The molecule has 2 heterocycles. The van der Waals surface area contributed by atoms with E-state index in [0.717, 1.165) is 30.9 Å². The first-order valence-corrected chi connectivity index (χ1v) is 8.34. The number of hydrogen-bond donors (Lipinski definition) is 1. The molecule has 24 heavy (non-hydrogen) atoms. The number of ether oxygens (including phenoxy) is 1. The molecule has 0 aliphatic carbocycles. The van der Waals surface area contributed by atoms with Gasteiger partial charge in [0, 0.05) is 37.4 Å². The minimum absolute atomic E-state index is 0.120. The highest BCUT2D eigenvalue weighted by Crippen LogP contribution is 2.31. The zero-order valence-corrected chi connectivity index (χ0v) is 14.2. The zero-order valence-electron chi connectivity index (χ0n) is 14.2. The highest BCUT2D eigenvalue weighted by atomic mass is 16.5. The number of methoxy groups -OCH3 is 1. The normalized spacial score (nSPS) is 16.9. The molecule has 2 aromatic rings. The lowest BCUT2D eigenvalue weighted by molar-refractivity contribution is 0.0951. The fraction of sp³-hybridized carbons (Fsp3) is 0.368. The van der Waals surface area contributed by atoms with E-state index in [1.54, 1.807) is 13.3 Å². The first-order chi connectivity index (χ1) is 11.7. The third-order valence-electron chi connectivity index (χ3n) is 4.45. The van der Waals surface area contributed by atoms with Crippen LogP contribution in [0.4, 0.5) is 5.69 Å². The maximum atomic E-state index is 12.0. The number of nitrogens with one attached hydrogen (secondary N) is 1. The molecule has 1 aromatic carbocycles. The quantitative estimate of drug-likeness (QED) is 0.918. The van der Waals surface area contributed by atoms with E-state index in [1.807, 2.05) is 31.2 Å². The largest absolute Gasteiger partial charge is 0.497 e. The van der Waals surface area contributed by atoms with E-state index in [4.69, 9.17) is 4.74 Å². The SMILES string of the molecule is CCNC(=O)c1cc(N2CC[C@H](c3ccc(OC)cc3)C2)ccn1. The van der Waals surface area contributed by atoms with Crippen molar-refractivity contribution in [2.75, 3.05) is 31.6 Å². The molecule has 1 aliphatic heterocycles. The molecule has 5 nitrogen and oxygen atoms in total. The molecule has 0 bridgehead atoms. The Bertz CT molecular complexity index is 700. The number of amides is 1. The van der Waals surface area contributed by atoms with Crippen molar-refractivity contribution < 1.29 is 9.53 Å². The second-order valence-corrected chi connectivity index (χ2v) is 5.96. The molecular weight excluding hydrogens is 302 g/mol. The number of benzene rings is 1. The summed E-state index contributed by atoms with van der Waals surface area (Å²) in [5.74, 6) is 1.26. The summed E-state index contributed by atoms with van der Waals surface area (Å²) >= 11 is 0.